The van der Waals surface area contributed by atoms with E-state index in [-0.39, 0.29) is 18.3 Å². The lowest BCUT2D eigenvalue weighted by atomic mass is 9.98. The fourth-order valence-electron chi connectivity index (χ4n) is 5.48. The highest BCUT2D eigenvalue weighted by atomic mass is 35.5. The minimum Gasteiger partial charge on any atom is -0.480 e. The van der Waals surface area contributed by atoms with Crippen molar-refractivity contribution in [2.45, 2.75) is 37.6 Å². The minimum absolute atomic E-state index is 0.0875. The Morgan fingerprint density at radius 1 is 1.24 bits per heavy atom. The monoisotopic (exact) mass is 545 g/mol. The Labute approximate surface area is 223 Å². The highest BCUT2D eigenvalue weighted by Gasteiger charge is 2.51. The molecule has 1 unspecified atom stereocenters. The molecule has 11 heteroatoms. The van der Waals surface area contributed by atoms with Crippen molar-refractivity contribution in [1.82, 2.24) is 9.55 Å². The Morgan fingerprint density at radius 2 is 2.00 bits per heavy atom. The first-order chi connectivity index (χ1) is 18.2. The molecule has 8 nitrogen and oxygen atoms in total. The van der Waals surface area contributed by atoms with E-state index in [1.165, 1.54) is 4.57 Å². The summed E-state index contributed by atoms with van der Waals surface area (Å²) in [4.78, 5) is 19.7. The van der Waals surface area contributed by atoms with Crippen LogP contribution in [0.3, 0.4) is 0 Å². The molecular formula is C27H30ClF2N5O3. The number of nitrogens with one attached hydrogen (secondary N) is 2. The van der Waals surface area contributed by atoms with Crippen LogP contribution in [-0.4, -0.2) is 52.9 Å². The van der Waals surface area contributed by atoms with E-state index in [0.717, 1.165) is 44.6 Å². The molecule has 6 rings (SSSR count). The number of aryl methyl sites for hydroxylation is 1. The lowest BCUT2D eigenvalue weighted by molar-refractivity contribution is -0.0579. The van der Waals surface area contributed by atoms with Crippen molar-refractivity contribution < 1.29 is 18.6 Å². The first-order valence-corrected chi connectivity index (χ1v) is 13.3. The quantitative estimate of drug-likeness (QED) is 0.426. The van der Waals surface area contributed by atoms with Gasteiger partial charge in [0.1, 0.15) is 5.82 Å². The maximum atomic E-state index is 14.9. The maximum absolute atomic E-state index is 14.9. The lowest BCUT2D eigenvalue weighted by Crippen LogP contribution is -2.44. The van der Waals surface area contributed by atoms with Crippen LogP contribution >= 0.6 is 11.6 Å². The largest absolute Gasteiger partial charge is 0.480 e. The third-order valence-electron chi connectivity index (χ3n) is 7.93. The summed E-state index contributed by atoms with van der Waals surface area (Å²) in [5, 5.41) is 16.8. The van der Waals surface area contributed by atoms with Gasteiger partial charge in [-0.25, -0.2) is 13.8 Å². The normalized spacial score (nSPS) is 21.4. The van der Waals surface area contributed by atoms with Crippen LogP contribution in [0.5, 0.6) is 5.75 Å². The van der Waals surface area contributed by atoms with Gasteiger partial charge >= 0.3 is 5.92 Å². The summed E-state index contributed by atoms with van der Waals surface area (Å²) in [6.45, 7) is 0.963. The maximum Gasteiger partial charge on any atom is 0.301 e. The predicted octanol–water partition coefficient (Wildman–Crippen LogP) is 4.76. The van der Waals surface area contributed by atoms with Gasteiger partial charge in [0.25, 0.3) is 5.56 Å². The number of fused-ring (bicyclic) bond motifs is 3. The summed E-state index contributed by atoms with van der Waals surface area (Å²) in [6, 6.07) is 6.22. The number of alkyl halides is 2. The van der Waals surface area contributed by atoms with Gasteiger partial charge in [0.2, 0.25) is 5.75 Å². The Bertz CT molecular complexity index is 1440. The van der Waals surface area contributed by atoms with Crippen LogP contribution in [0.2, 0.25) is 5.02 Å². The fraction of sp³-hybridized carbons (Fsp3) is 0.481. The van der Waals surface area contributed by atoms with Gasteiger partial charge in [0, 0.05) is 43.9 Å². The van der Waals surface area contributed by atoms with E-state index in [9.17, 15) is 18.7 Å². The topological polar surface area (TPSA) is 91.7 Å². The van der Waals surface area contributed by atoms with Gasteiger partial charge in [-0.1, -0.05) is 11.6 Å². The van der Waals surface area contributed by atoms with Crippen LogP contribution in [0.15, 0.2) is 35.3 Å². The molecule has 2 fully saturated rings. The Hall–Kier alpha value is -3.11. The van der Waals surface area contributed by atoms with Crippen molar-refractivity contribution in [2.24, 2.45) is 18.9 Å². The second-order valence-corrected chi connectivity index (χ2v) is 11.0. The minimum atomic E-state index is -3.10. The first kappa shape index (κ1) is 25.2. The molecule has 1 aliphatic carbocycles. The average Bonchev–Trinajstić information content (AvgIpc) is 3.76. The van der Waals surface area contributed by atoms with Crippen molar-refractivity contribution in [3.8, 4) is 5.75 Å². The average molecular weight is 546 g/mol. The number of piperidine rings is 1. The number of benzene rings is 1. The van der Waals surface area contributed by atoms with Gasteiger partial charge in [-0.15, -0.1) is 0 Å². The zero-order chi connectivity index (χ0) is 26.6. The summed E-state index contributed by atoms with van der Waals surface area (Å²) < 4.78 is 36.7. The first-order valence-electron chi connectivity index (χ1n) is 13.0. The van der Waals surface area contributed by atoms with Crippen molar-refractivity contribution in [2.75, 3.05) is 41.8 Å². The molecule has 3 aromatic rings. The van der Waals surface area contributed by atoms with Crippen molar-refractivity contribution in [1.29, 1.82) is 0 Å². The van der Waals surface area contributed by atoms with Crippen LogP contribution in [0.4, 0.5) is 31.7 Å². The molecule has 1 atom stereocenters. The summed E-state index contributed by atoms with van der Waals surface area (Å²) in [7, 11) is 1.61. The van der Waals surface area contributed by atoms with E-state index in [1.807, 2.05) is 18.2 Å². The molecule has 3 N–H and O–H groups in total. The van der Waals surface area contributed by atoms with Crippen LogP contribution < -0.4 is 25.8 Å². The van der Waals surface area contributed by atoms with Gasteiger partial charge < -0.3 is 29.9 Å². The predicted molar refractivity (Wildman–Crippen MR) is 144 cm³/mol. The van der Waals surface area contributed by atoms with Gasteiger partial charge in [0.15, 0.2) is 6.61 Å². The van der Waals surface area contributed by atoms with E-state index >= 15 is 0 Å². The molecular weight excluding hydrogens is 516 g/mol. The summed E-state index contributed by atoms with van der Waals surface area (Å²) >= 11 is 6.49. The van der Waals surface area contributed by atoms with E-state index in [2.05, 4.69) is 20.5 Å². The molecule has 3 aliphatic rings. The molecule has 0 amide bonds. The molecule has 0 radical (unpaired) electrons. The highest BCUT2D eigenvalue weighted by Crippen LogP contribution is 2.45. The summed E-state index contributed by atoms with van der Waals surface area (Å²) in [5.41, 5.74) is 1.78. The summed E-state index contributed by atoms with van der Waals surface area (Å²) in [6.07, 6.45) is 4.84. The van der Waals surface area contributed by atoms with Gasteiger partial charge in [-0.05, 0) is 55.7 Å². The molecule has 2 aromatic heterocycles. The molecule has 2 aliphatic heterocycles. The van der Waals surface area contributed by atoms with E-state index < -0.39 is 24.1 Å². The Kier molecular flexibility index (Phi) is 6.34. The van der Waals surface area contributed by atoms with Gasteiger partial charge in [-0.2, -0.15) is 0 Å². The van der Waals surface area contributed by atoms with Crippen LogP contribution in [0, 0.1) is 11.8 Å². The number of rotatable bonds is 5. The number of anilines is 4. The number of aromatic nitrogens is 2. The zero-order valence-corrected chi connectivity index (χ0v) is 21.8. The molecule has 4 heterocycles. The van der Waals surface area contributed by atoms with E-state index in [4.69, 9.17) is 16.3 Å². The second-order valence-electron chi connectivity index (χ2n) is 10.6. The molecule has 38 heavy (non-hydrogen) atoms. The molecule has 0 spiro atoms. The van der Waals surface area contributed by atoms with Crippen molar-refractivity contribution >= 4 is 45.4 Å². The van der Waals surface area contributed by atoms with Crippen molar-refractivity contribution in [3.63, 3.8) is 0 Å². The molecule has 202 valence electrons. The zero-order valence-electron chi connectivity index (χ0n) is 21.0. The molecule has 1 saturated heterocycles. The third kappa shape index (κ3) is 4.53. The smallest absolute Gasteiger partial charge is 0.301 e. The SMILES string of the molecule is Cn1c(=O)c2c(c3cc(Nc4cc(N5CCC(CO)CC5)ncc4Cl)ccc31)NC(C1CC1)C(F)(F)CO2. The van der Waals surface area contributed by atoms with E-state index in [0.29, 0.717) is 38.9 Å². The van der Waals surface area contributed by atoms with Gasteiger partial charge in [0.05, 0.1) is 34.2 Å². The van der Waals surface area contributed by atoms with Crippen LogP contribution in [0.1, 0.15) is 25.7 Å². The molecule has 0 bridgehead atoms. The molecule has 1 aromatic carbocycles. The number of aliphatic hydroxyl groups is 1. The number of hydrogen-bond donors (Lipinski definition) is 3. The summed E-state index contributed by atoms with van der Waals surface area (Å²) in [5.74, 6) is -2.24. The van der Waals surface area contributed by atoms with Crippen LogP contribution in [-0.2, 0) is 7.05 Å². The number of pyridine rings is 2. The van der Waals surface area contributed by atoms with Crippen LogP contribution in [0.25, 0.3) is 10.9 Å². The highest BCUT2D eigenvalue weighted by molar-refractivity contribution is 6.33. The number of aliphatic hydroxyl groups excluding tert-OH is 1. The van der Waals surface area contributed by atoms with Crippen molar-refractivity contribution in [3.05, 3.63) is 45.8 Å². The number of halogens is 3. The molecule has 1 saturated carbocycles. The van der Waals surface area contributed by atoms with E-state index in [1.54, 1.807) is 19.3 Å². The lowest BCUT2D eigenvalue weighted by Gasteiger charge is -2.32. The second kappa shape index (κ2) is 9.57. The number of nitrogens with zero attached hydrogens (tertiary/aromatic N) is 3. The Balaban J connectivity index is 1.36. The standard InChI is InChI=1S/C27H30ClF2N5O3/c1-34-21-5-4-17(32-20-11-22(31-12-19(20)28)35-8-6-15(13-36)7-9-35)10-18(21)23-24(26(34)37)38-14-27(29,30)25(33-23)16-2-3-16/h4-5,10-12,15-16,25,33,36H,2-3,6-9,13-14H2,1H3,(H,31,32). The number of ether oxygens (including phenoxy) is 1. The number of hydrogen-bond acceptors (Lipinski definition) is 7. The fourth-order valence-corrected chi connectivity index (χ4v) is 5.63. The third-order valence-corrected chi connectivity index (χ3v) is 8.23. The van der Waals surface area contributed by atoms with Gasteiger partial charge in [-0.3, -0.25) is 4.79 Å². The Morgan fingerprint density at radius 3 is 2.71 bits per heavy atom.